The third kappa shape index (κ3) is 3.18. The number of rotatable bonds is 4. The van der Waals surface area contributed by atoms with Crippen LogP contribution in [0.3, 0.4) is 0 Å². The summed E-state index contributed by atoms with van der Waals surface area (Å²) in [5, 5.41) is 20.1. The summed E-state index contributed by atoms with van der Waals surface area (Å²) in [6.45, 7) is -0.712. The molecule has 0 bridgehead atoms. The first kappa shape index (κ1) is 17.9. The monoisotopic (exact) mass is 376 g/mol. The maximum atomic E-state index is 12.1. The highest BCUT2D eigenvalue weighted by molar-refractivity contribution is 7.44. The van der Waals surface area contributed by atoms with Gasteiger partial charge in [0, 0.05) is 7.05 Å². The second-order valence-electron chi connectivity index (χ2n) is 5.47. The number of nitrogens with zero attached hydrogens (tertiary/aromatic N) is 4. The maximum absolute atomic E-state index is 12.1. The summed E-state index contributed by atoms with van der Waals surface area (Å²) in [7, 11) is -3.60. The second-order valence-corrected chi connectivity index (χ2v) is 6.66. The third-order valence-corrected chi connectivity index (χ3v) is 4.33. The first-order valence-electron chi connectivity index (χ1n) is 6.99. The van der Waals surface area contributed by atoms with Crippen molar-refractivity contribution in [1.82, 2.24) is 19.1 Å². The van der Waals surface area contributed by atoms with Crippen LogP contribution in [0, 0.1) is 0 Å². The van der Waals surface area contributed by atoms with Crippen molar-refractivity contribution in [3.05, 3.63) is 16.7 Å². The summed E-state index contributed by atoms with van der Waals surface area (Å²) in [4.78, 5) is 39.3. The van der Waals surface area contributed by atoms with E-state index in [9.17, 15) is 24.5 Å². The molecule has 0 spiro atoms. The van der Waals surface area contributed by atoms with Crippen LogP contribution >= 0.6 is 7.82 Å². The van der Waals surface area contributed by atoms with Gasteiger partial charge in [0.15, 0.2) is 17.4 Å². The van der Waals surface area contributed by atoms with Gasteiger partial charge < -0.3 is 35.0 Å². The van der Waals surface area contributed by atoms with Crippen LogP contribution in [0.4, 0.5) is 5.95 Å². The van der Waals surface area contributed by atoms with Crippen molar-refractivity contribution in [2.24, 2.45) is 7.05 Å². The predicted molar refractivity (Wildman–Crippen MR) is 78.9 cm³/mol. The Morgan fingerprint density at radius 3 is 2.80 bits per heavy atom. The molecule has 3 heterocycles. The molecule has 1 fully saturated rings. The van der Waals surface area contributed by atoms with E-state index >= 15 is 0 Å². The Morgan fingerprint density at radius 1 is 1.48 bits per heavy atom. The van der Waals surface area contributed by atoms with Crippen LogP contribution in [-0.2, 0) is 20.9 Å². The average Bonchev–Trinajstić information content (AvgIpc) is 3.05. The van der Waals surface area contributed by atoms with E-state index in [0.717, 1.165) is 4.57 Å². The average molecular weight is 376 g/mol. The summed E-state index contributed by atoms with van der Waals surface area (Å²) in [6.07, 6.45) is -4.32. The summed E-state index contributed by atoms with van der Waals surface area (Å²) in [5.74, 6) is -0.0975. The number of aromatic nitrogens is 4. The fourth-order valence-corrected chi connectivity index (χ4v) is 2.85. The number of nitrogens with two attached hydrogens (primary N) is 1. The van der Waals surface area contributed by atoms with Gasteiger partial charge in [0.05, 0.1) is 12.9 Å². The van der Waals surface area contributed by atoms with Gasteiger partial charge in [0.25, 0.3) is 13.4 Å². The molecule has 0 radical (unpaired) electrons. The quantitative estimate of drug-likeness (QED) is 0.392. The van der Waals surface area contributed by atoms with E-state index in [-0.39, 0.29) is 17.1 Å². The predicted octanol–water partition coefficient (Wildman–Crippen LogP) is -3.19. The molecule has 1 aliphatic rings. The molecule has 138 valence electrons. The molecule has 0 aromatic carbocycles. The molecule has 0 saturated carbocycles. The molecule has 2 aromatic heterocycles. The third-order valence-electron chi connectivity index (χ3n) is 3.85. The van der Waals surface area contributed by atoms with Gasteiger partial charge in [0.1, 0.15) is 18.3 Å². The van der Waals surface area contributed by atoms with Crippen LogP contribution in [-0.4, -0.2) is 59.1 Å². The first-order valence-corrected chi connectivity index (χ1v) is 8.48. The standard InChI is InChI=1S/C11H16N5O8P/c1-15-9(19)5-8(14-11(15)12)16(3-13-5)10-7(18)6(17)4(24-10)2-23-25(20,21)22/h3-4,6-7,10,17-18H,2H2,1H3,(H2,12,14)(H2,20,21,22)/p-1/t4-,6?,7+,10-/m1/s1. The Balaban J connectivity index is 1.93. The van der Waals surface area contributed by atoms with Crippen LogP contribution in [0.1, 0.15) is 6.23 Å². The second kappa shape index (κ2) is 6.14. The minimum Gasteiger partial charge on any atom is -0.756 e. The number of nitrogen functional groups attached to an aromatic ring is 1. The molecular weight excluding hydrogens is 361 g/mol. The number of ether oxygens (including phenoxy) is 1. The van der Waals surface area contributed by atoms with Crippen molar-refractivity contribution >= 4 is 24.9 Å². The molecule has 1 aliphatic heterocycles. The lowest BCUT2D eigenvalue weighted by Gasteiger charge is -2.20. The highest BCUT2D eigenvalue weighted by Gasteiger charge is 2.44. The lowest BCUT2D eigenvalue weighted by molar-refractivity contribution is -0.222. The van der Waals surface area contributed by atoms with E-state index in [2.05, 4.69) is 14.5 Å². The van der Waals surface area contributed by atoms with Crippen molar-refractivity contribution in [3.8, 4) is 0 Å². The van der Waals surface area contributed by atoms with Gasteiger partial charge in [-0.15, -0.1) is 0 Å². The van der Waals surface area contributed by atoms with Crippen LogP contribution in [0.15, 0.2) is 11.1 Å². The summed E-state index contributed by atoms with van der Waals surface area (Å²) >= 11 is 0. The van der Waals surface area contributed by atoms with E-state index in [1.807, 2.05) is 0 Å². The summed E-state index contributed by atoms with van der Waals surface area (Å²) < 4.78 is 22.5. The molecule has 2 unspecified atom stereocenters. The summed E-state index contributed by atoms with van der Waals surface area (Å²) in [6, 6.07) is 0. The lowest BCUT2D eigenvalue weighted by atomic mass is 10.1. The molecule has 13 nitrogen and oxygen atoms in total. The first-order chi connectivity index (χ1) is 11.6. The van der Waals surface area contributed by atoms with E-state index in [1.54, 1.807) is 0 Å². The Bertz CT molecular complexity index is 906. The number of imidazole rings is 1. The molecule has 5 atom stereocenters. The van der Waals surface area contributed by atoms with Crippen molar-refractivity contribution < 1.29 is 33.8 Å². The van der Waals surface area contributed by atoms with Crippen LogP contribution in [0.5, 0.6) is 0 Å². The number of aliphatic hydroxyl groups is 2. The minimum atomic E-state index is -5.02. The van der Waals surface area contributed by atoms with Crippen LogP contribution < -0.4 is 16.2 Å². The molecule has 0 aliphatic carbocycles. The highest BCUT2D eigenvalue weighted by atomic mass is 31.2. The molecule has 14 heteroatoms. The van der Waals surface area contributed by atoms with Gasteiger partial charge in [-0.3, -0.25) is 18.5 Å². The van der Waals surface area contributed by atoms with E-state index in [1.165, 1.54) is 17.9 Å². The Morgan fingerprint density at radius 2 is 2.16 bits per heavy atom. The van der Waals surface area contributed by atoms with Crippen LogP contribution in [0.2, 0.25) is 0 Å². The number of hydrogen-bond acceptors (Lipinski definition) is 10. The van der Waals surface area contributed by atoms with Gasteiger partial charge >= 0.3 is 0 Å². The van der Waals surface area contributed by atoms with Crippen molar-refractivity contribution in [2.75, 3.05) is 12.3 Å². The molecule has 1 saturated heterocycles. The van der Waals surface area contributed by atoms with E-state index in [4.69, 9.17) is 15.4 Å². The fraction of sp³-hybridized carbons (Fsp3) is 0.545. The van der Waals surface area contributed by atoms with Crippen molar-refractivity contribution in [2.45, 2.75) is 24.5 Å². The number of hydrogen-bond donors (Lipinski definition) is 4. The molecule has 5 N–H and O–H groups in total. The van der Waals surface area contributed by atoms with Crippen molar-refractivity contribution in [3.63, 3.8) is 0 Å². The molecular formula is C11H15N5O8P-. The molecule has 0 amide bonds. The maximum Gasteiger partial charge on any atom is 0.282 e. The number of aliphatic hydroxyl groups excluding tert-OH is 2. The fourth-order valence-electron chi connectivity index (χ4n) is 2.51. The lowest BCUT2D eigenvalue weighted by Crippen LogP contribution is -2.34. The highest BCUT2D eigenvalue weighted by Crippen LogP contribution is 2.35. The van der Waals surface area contributed by atoms with Gasteiger partial charge in [-0.25, -0.2) is 4.98 Å². The number of anilines is 1. The molecule has 25 heavy (non-hydrogen) atoms. The van der Waals surface area contributed by atoms with Gasteiger partial charge in [-0.1, -0.05) is 0 Å². The zero-order valence-corrected chi connectivity index (χ0v) is 13.7. The Hall–Kier alpha value is -1.86. The van der Waals surface area contributed by atoms with E-state index < -0.39 is 44.5 Å². The van der Waals surface area contributed by atoms with Crippen LogP contribution in [0.25, 0.3) is 11.2 Å². The normalized spacial score (nSPS) is 29.2. The topological polar surface area (TPSA) is 198 Å². The zero-order valence-electron chi connectivity index (χ0n) is 12.8. The number of phosphoric acid groups is 1. The van der Waals surface area contributed by atoms with E-state index in [0.29, 0.717) is 0 Å². The number of phosphoric ester groups is 1. The number of fused-ring (bicyclic) bond motifs is 1. The minimum absolute atomic E-state index is 0.0232. The smallest absolute Gasteiger partial charge is 0.282 e. The van der Waals surface area contributed by atoms with Gasteiger partial charge in [0.2, 0.25) is 5.95 Å². The molecule has 2 aromatic rings. The summed E-state index contributed by atoms with van der Waals surface area (Å²) in [5.41, 5.74) is 5.13. The van der Waals surface area contributed by atoms with Gasteiger partial charge in [-0.2, -0.15) is 4.98 Å². The Labute approximate surface area is 139 Å². The van der Waals surface area contributed by atoms with Crippen molar-refractivity contribution in [1.29, 1.82) is 0 Å². The largest absolute Gasteiger partial charge is 0.756 e. The Kier molecular flexibility index (Phi) is 4.41. The zero-order chi connectivity index (χ0) is 18.5. The van der Waals surface area contributed by atoms with Gasteiger partial charge in [-0.05, 0) is 0 Å². The molecule has 3 rings (SSSR count). The SMILES string of the molecule is Cn1c(N)nc2c(ncn2[C@@H]2O[C@H](COP(=O)([O-])O)C(O)[C@@H]2O)c1=O.